The molecule has 1 amide bonds. The van der Waals surface area contributed by atoms with E-state index in [4.69, 9.17) is 16.7 Å². The summed E-state index contributed by atoms with van der Waals surface area (Å²) in [7, 11) is 0. The molecule has 0 aliphatic rings. The first-order chi connectivity index (χ1) is 19.5. The molecular weight excluding hydrogens is 573 g/mol. The molecule has 0 saturated carbocycles. The number of nitrogens with one attached hydrogen (secondary N) is 1. The van der Waals surface area contributed by atoms with Crippen molar-refractivity contribution in [3.8, 4) is 6.07 Å². The van der Waals surface area contributed by atoms with Gasteiger partial charge in [-0.15, -0.1) is 11.3 Å². The average Bonchev–Trinajstić information content (AvgIpc) is 3.33. The van der Waals surface area contributed by atoms with E-state index in [1.165, 1.54) is 23.5 Å². The summed E-state index contributed by atoms with van der Waals surface area (Å²) in [6.45, 7) is 1.83. The number of alkyl halides is 3. The highest BCUT2D eigenvalue weighted by Crippen LogP contribution is 2.47. The summed E-state index contributed by atoms with van der Waals surface area (Å²) in [6, 6.07) is 19.4. The molecule has 0 aliphatic carbocycles. The molecule has 4 rings (SSSR count). The zero-order valence-corrected chi connectivity index (χ0v) is 23.5. The Hall–Kier alpha value is -3.87. The maximum atomic E-state index is 13.6. The fraction of sp³-hybridized carbons (Fsp3) is 0.258. The van der Waals surface area contributed by atoms with E-state index in [0.717, 1.165) is 26.8 Å². The highest BCUT2D eigenvalue weighted by molar-refractivity contribution is 7.17. The second-order valence-electron chi connectivity index (χ2n) is 9.80. The van der Waals surface area contributed by atoms with Gasteiger partial charge in [-0.25, -0.2) is 0 Å². The van der Waals surface area contributed by atoms with Gasteiger partial charge in [0.05, 0.1) is 16.7 Å². The lowest BCUT2D eigenvalue weighted by molar-refractivity contribution is -0.137. The Morgan fingerprint density at radius 1 is 1.07 bits per heavy atom. The van der Waals surface area contributed by atoms with Crippen molar-refractivity contribution < 1.29 is 27.9 Å². The van der Waals surface area contributed by atoms with Crippen molar-refractivity contribution in [1.82, 2.24) is 5.32 Å². The molecule has 1 aromatic heterocycles. The van der Waals surface area contributed by atoms with E-state index >= 15 is 0 Å². The topological polar surface area (TPSA) is 90.2 Å². The monoisotopic (exact) mass is 598 g/mol. The smallest absolute Gasteiger partial charge is 0.389 e. The fourth-order valence-corrected chi connectivity index (χ4v) is 6.21. The van der Waals surface area contributed by atoms with E-state index < -0.39 is 36.3 Å². The van der Waals surface area contributed by atoms with Gasteiger partial charge < -0.3 is 10.4 Å². The van der Waals surface area contributed by atoms with Crippen molar-refractivity contribution in [2.45, 2.75) is 44.2 Å². The van der Waals surface area contributed by atoms with Crippen molar-refractivity contribution in [1.29, 1.82) is 5.26 Å². The van der Waals surface area contributed by atoms with Crippen molar-refractivity contribution in [2.24, 2.45) is 0 Å². The number of nitriles is 1. The molecule has 212 valence electrons. The third kappa shape index (κ3) is 7.46. The number of benzene rings is 3. The molecule has 1 heterocycles. The van der Waals surface area contributed by atoms with Gasteiger partial charge in [0.2, 0.25) is 0 Å². The van der Waals surface area contributed by atoms with Crippen LogP contribution in [0.4, 0.5) is 13.2 Å². The van der Waals surface area contributed by atoms with Gasteiger partial charge in [0, 0.05) is 29.5 Å². The Bertz CT molecular complexity index is 1590. The van der Waals surface area contributed by atoms with E-state index in [1.807, 2.05) is 30.5 Å². The molecule has 10 heteroatoms. The van der Waals surface area contributed by atoms with Crippen LogP contribution in [0, 0.1) is 18.3 Å². The minimum absolute atomic E-state index is 0.0436. The lowest BCUT2D eigenvalue weighted by atomic mass is 9.74. The number of hydrogen-bond acceptors (Lipinski definition) is 4. The normalized spacial score (nSPS) is 13.0. The van der Waals surface area contributed by atoms with Crippen LogP contribution in [0.2, 0.25) is 5.02 Å². The quantitative estimate of drug-likeness (QED) is 0.192. The van der Waals surface area contributed by atoms with Crippen LogP contribution < -0.4 is 5.32 Å². The Kier molecular flexibility index (Phi) is 9.36. The second-order valence-corrected chi connectivity index (χ2v) is 11.1. The van der Waals surface area contributed by atoms with E-state index in [9.17, 15) is 28.0 Å². The Morgan fingerprint density at radius 3 is 2.34 bits per heavy atom. The summed E-state index contributed by atoms with van der Waals surface area (Å²) in [4.78, 5) is 23.2. The van der Waals surface area contributed by atoms with Crippen molar-refractivity contribution >= 4 is 44.9 Å². The predicted molar refractivity (Wildman–Crippen MR) is 154 cm³/mol. The van der Waals surface area contributed by atoms with E-state index in [-0.39, 0.29) is 24.9 Å². The molecule has 41 heavy (non-hydrogen) atoms. The van der Waals surface area contributed by atoms with Crippen LogP contribution in [0.25, 0.3) is 10.1 Å². The number of carboxylic acids is 1. The third-order valence-corrected chi connectivity index (χ3v) is 8.20. The zero-order valence-electron chi connectivity index (χ0n) is 22.0. The number of fused-ring (bicyclic) bond motifs is 1. The highest BCUT2D eigenvalue weighted by Gasteiger charge is 2.34. The molecule has 5 nitrogen and oxygen atoms in total. The number of rotatable bonds is 10. The summed E-state index contributed by atoms with van der Waals surface area (Å²) in [5.41, 5.74) is 3.85. The molecule has 0 fully saturated rings. The number of amides is 1. The maximum Gasteiger partial charge on any atom is 0.389 e. The Morgan fingerprint density at radius 2 is 1.73 bits per heavy atom. The molecule has 0 aliphatic heterocycles. The first-order valence-corrected chi connectivity index (χ1v) is 14.1. The van der Waals surface area contributed by atoms with Gasteiger partial charge >= 0.3 is 12.1 Å². The highest BCUT2D eigenvalue weighted by atomic mass is 35.5. The van der Waals surface area contributed by atoms with Crippen LogP contribution in [-0.2, 0) is 4.79 Å². The van der Waals surface area contributed by atoms with Crippen LogP contribution in [0.5, 0.6) is 0 Å². The predicted octanol–water partition coefficient (Wildman–Crippen LogP) is 8.20. The van der Waals surface area contributed by atoms with E-state index in [1.54, 1.807) is 30.3 Å². The first-order valence-electron chi connectivity index (χ1n) is 12.8. The van der Waals surface area contributed by atoms with Crippen LogP contribution in [0.15, 0.2) is 66.0 Å². The van der Waals surface area contributed by atoms with Crippen molar-refractivity contribution in [3.05, 3.63) is 104 Å². The molecule has 3 aromatic carbocycles. The summed E-state index contributed by atoms with van der Waals surface area (Å²) < 4.78 is 41.6. The van der Waals surface area contributed by atoms with Gasteiger partial charge in [-0.3, -0.25) is 9.59 Å². The van der Waals surface area contributed by atoms with Gasteiger partial charge in [-0.05, 0) is 82.6 Å². The maximum absolute atomic E-state index is 13.6. The summed E-state index contributed by atoms with van der Waals surface area (Å²) in [5.74, 6) is -2.65. The SMILES string of the molecule is Cc1cc(C#N)c2scc(C(c3ccc(Cl)cc3)C(CCC(F)(F)F)c3ccc(C(=O)NCCC(=O)O)cc3)c2c1. The van der Waals surface area contributed by atoms with Crippen molar-refractivity contribution in [2.75, 3.05) is 6.54 Å². The number of carbonyl (C=O) groups is 2. The number of hydrogen-bond donors (Lipinski definition) is 2. The first kappa shape index (κ1) is 30.1. The molecule has 2 unspecified atom stereocenters. The van der Waals surface area contributed by atoms with Crippen molar-refractivity contribution in [3.63, 3.8) is 0 Å². The standard InChI is InChI=1S/C31H26ClF3N2O3S/c1-18-14-22(16-36)29-25(15-18)26(17-41-29)28(20-6-8-23(32)9-7-20)24(10-12-31(33,34)35)19-2-4-21(5-3-19)30(40)37-13-11-27(38)39/h2-9,14-15,17,24,28H,10-13H2,1H3,(H,37,40)(H,38,39). The molecular formula is C31H26ClF3N2O3S. The lowest BCUT2D eigenvalue weighted by Gasteiger charge is -2.29. The number of aryl methyl sites for hydroxylation is 1. The minimum Gasteiger partial charge on any atom is -0.481 e. The fourth-order valence-electron chi connectivity index (χ4n) is 5.03. The van der Waals surface area contributed by atoms with Crippen LogP contribution >= 0.6 is 22.9 Å². The van der Waals surface area contributed by atoms with E-state index in [0.29, 0.717) is 16.1 Å². The van der Waals surface area contributed by atoms with Crippen LogP contribution in [0.3, 0.4) is 0 Å². The molecule has 0 saturated heterocycles. The number of carbonyl (C=O) groups excluding carboxylic acids is 1. The summed E-state index contributed by atoms with van der Waals surface area (Å²) >= 11 is 7.55. The summed E-state index contributed by atoms with van der Waals surface area (Å²) in [5, 5.41) is 24.3. The molecule has 0 radical (unpaired) electrons. The molecule has 2 atom stereocenters. The number of nitrogens with zero attached hydrogens (tertiary/aromatic N) is 1. The summed E-state index contributed by atoms with van der Waals surface area (Å²) in [6.07, 6.45) is -5.83. The molecule has 0 spiro atoms. The van der Waals surface area contributed by atoms with Gasteiger partial charge in [0.25, 0.3) is 5.91 Å². The Balaban J connectivity index is 1.82. The largest absolute Gasteiger partial charge is 0.481 e. The van der Waals surface area contributed by atoms with Gasteiger partial charge in [-0.2, -0.15) is 18.4 Å². The average molecular weight is 599 g/mol. The van der Waals surface area contributed by atoms with Crippen LogP contribution in [-0.4, -0.2) is 29.7 Å². The van der Waals surface area contributed by atoms with E-state index in [2.05, 4.69) is 11.4 Å². The van der Waals surface area contributed by atoms with Gasteiger partial charge in [-0.1, -0.05) is 41.9 Å². The Labute approximate surface area is 244 Å². The number of carboxylic acid groups (broad SMARTS) is 1. The van der Waals surface area contributed by atoms with Crippen LogP contribution in [0.1, 0.15) is 69.3 Å². The molecule has 2 N–H and O–H groups in total. The number of aliphatic carboxylic acids is 1. The molecule has 0 bridgehead atoms. The van der Waals surface area contributed by atoms with Gasteiger partial charge in [0.15, 0.2) is 0 Å². The number of thiophene rings is 1. The lowest BCUT2D eigenvalue weighted by Crippen LogP contribution is -2.26. The minimum atomic E-state index is -4.38. The van der Waals surface area contributed by atoms with Gasteiger partial charge in [0.1, 0.15) is 6.07 Å². The zero-order chi connectivity index (χ0) is 29.7. The number of halogens is 4. The second kappa shape index (κ2) is 12.8. The third-order valence-electron chi connectivity index (χ3n) is 6.90. The molecule has 4 aromatic rings.